The summed E-state index contributed by atoms with van der Waals surface area (Å²) in [6, 6.07) is 9.74. The van der Waals surface area contributed by atoms with Crippen LogP contribution in [0.5, 0.6) is 5.75 Å². The second-order valence-corrected chi connectivity index (χ2v) is 4.57. The molecule has 0 saturated carbocycles. The van der Waals surface area contributed by atoms with E-state index in [0.717, 1.165) is 11.8 Å². The summed E-state index contributed by atoms with van der Waals surface area (Å²) in [5.41, 5.74) is 1.60. The Kier molecular flexibility index (Phi) is 4.12. The number of nitrogens with zero attached hydrogens (tertiary/aromatic N) is 1. The van der Waals surface area contributed by atoms with E-state index in [0.29, 0.717) is 5.56 Å². The smallest absolute Gasteiger partial charge is 0.126 e. The summed E-state index contributed by atoms with van der Waals surface area (Å²) < 4.78 is 12.9. The van der Waals surface area contributed by atoms with Gasteiger partial charge >= 0.3 is 0 Å². The molecule has 2 atom stereocenters. The first-order chi connectivity index (χ1) is 9.08. The fourth-order valence-corrected chi connectivity index (χ4v) is 2.07. The van der Waals surface area contributed by atoms with Gasteiger partial charge < -0.3 is 10.4 Å². The van der Waals surface area contributed by atoms with E-state index in [1.54, 1.807) is 12.3 Å². The van der Waals surface area contributed by atoms with Crippen LogP contribution < -0.4 is 5.32 Å². The summed E-state index contributed by atoms with van der Waals surface area (Å²) in [5.74, 6) is -0.473. The predicted octanol–water partition coefficient (Wildman–Crippen LogP) is 3.34. The number of pyridine rings is 1. The van der Waals surface area contributed by atoms with E-state index in [1.165, 1.54) is 6.07 Å². The molecule has 100 valence electrons. The Hall–Kier alpha value is -1.94. The highest BCUT2D eigenvalue weighted by Gasteiger charge is 2.15. The Bertz CT molecular complexity index is 545. The molecule has 0 aliphatic carbocycles. The van der Waals surface area contributed by atoms with Crippen molar-refractivity contribution < 1.29 is 9.50 Å². The van der Waals surface area contributed by atoms with E-state index < -0.39 is 5.82 Å². The molecule has 19 heavy (non-hydrogen) atoms. The molecular weight excluding hydrogens is 243 g/mol. The summed E-state index contributed by atoms with van der Waals surface area (Å²) in [7, 11) is 0. The zero-order valence-electron chi connectivity index (χ0n) is 11.0. The van der Waals surface area contributed by atoms with Gasteiger partial charge in [-0.2, -0.15) is 0 Å². The molecule has 0 bridgehead atoms. The molecule has 3 nitrogen and oxygen atoms in total. The highest BCUT2D eigenvalue weighted by Crippen LogP contribution is 2.26. The van der Waals surface area contributed by atoms with E-state index in [4.69, 9.17) is 0 Å². The lowest BCUT2D eigenvalue weighted by atomic mass is 10.1. The van der Waals surface area contributed by atoms with Crippen molar-refractivity contribution in [3.63, 3.8) is 0 Å². The molecule has 4 heteroatoms. The van der Waals surface area contributed by atoms with Crippen LogP contribution in [0, 0.1) is 5.82 Å². The zero-order valence-corrected chi connectivity index (χ0v) is 11.0. The standard InChI is InChI=1S/C15H17FN2O/c1-10(13-7-6-12(16)9-15(13)19)18-11(2)14-5-3-4-8-17-14/h3-11,18-19H,1-2H3. The predicted molar refractivity (Wildman–Crippen MR) is 72.3 cm³/mol. The fourth-order valence-electron chi connectivity index (χ4n) is 2.07. The first-order valence-corrected chi connectivity index (χ1v) is 6.23. The van der Waals surface area contributed by atoms with Crippen LogP contribution in [0.2, 0.25) is 0 Å². The van der Waals surface area contributed by atoms with Crippen LogP contribution in [-0.2, 0) is 0 Å². The largest absolute Gasteiger partial charge is 0.508 e. The summed E-state index contributed by atoms with van der Waals surface area (Å²) in [6.45, 7) is 3.92. The minimum Gasteiger partial charge on any atom is -0.508 e. The number of halogens is 1. The van der Waals surface area contributed by atoms with Gasteiger partial charge in [0.15, 0.2) is 0 Å². The Labute approximate surface area is 112 Å². The average Bonchev–Trinajstić information content (AvgIpc) is 2.39. The summed E-state index contributed by atoms with van der Waals surface area (Å²) >= 11 is 0. The van der Waals surface area contributed by atoms with Crippen LogP contribution in [0.15, 0.2) is 42.6 Å². The molecule has 0 amide bonds. The highest BCUT2D eigenvalue weighted by molar-refractivity contribution is 5.35. The van der Waals surface area contributed by atoms with Crippen LogP contribution in [0.1, 0.15) is 37.2 Å². The van der Waals surface area contributed by atoms with Crippen molar-refractivity contribution >= 4 is 0 Å². The molecule has 2 unspecified atom stereocenters. The van der Waals surface area contributed by atoms with Gasteiger partial charge in [0.25, 0.3) is 0 Å². The van der Waals surface area contributed by atoms with Crippen LogP contribution in [0.3, 0.4) is 0 Å². The first kappa shape index (κ1) is 13.5. The van der Waals surface area contributed by atoms with Crippen molar-refractivity contribution in [2.24, 2.45) is 0 Å². The second-order valence-electron chi connectivity index (χ2n) is 4.57. The monoisotopic (exact) mass is 260 g/mol. The Morgan fingerprint density at radius 1 is 1.16 bits per heavy atom. The number of phenols is 1. The minimum absolute atomic E-state index is 0.0341. The second kappa shape index (κ2) is 5.80. The van der Waals surface area contributed by atoms with Crippen LogP contribution in [0.4, 0.5) is 4.39 Å². The molecule has 0 spiro atoms. The normalized spacial score (nSPS) is 14.1. The van der Waals surface area contributed by atoms with Crippen molar-refractivity contribution in [3.8, 4) is 5.75 Å². The average molecular weight is 260 g/mol. The maximum absolute atomic E-state index is 12.9. The van der Waals surface area contributed by atoms with E-state index >= 15 is 0 Å². The number of nitrogens with one attached hydrogen (secondary N) is 1. The molecule has 2 aromatic rings. The minimum atomic E-state index is -0.439. The van der Waals surface area contributed by atoms with Gasteiger partial charge in [0, 0.05) is 29.9 Å². The van der Waals surface area contributed by atoms with Gasteiger partial charge in [-0.05, 0) is 32.0 Å². The molecule has 1 aromatic carbocycles. The third kappa shape index (κ3) is 3.29. The molecule has 1 heterocycles. The molecule has 0 fully saturated rings. The van der Waals surface area contributed by atoms with Crippen LogP contribution in [-0.4, -0.2) is 10.1 Å². The number of hydrogen-bond donors (Lipinski definition) is 2. The third-order valence-corrected chi connectivity index (χ3v) is 3.09. The highest BCUT2D eigenvalue weighted by atomic mass is 19.1. The van der Waals surface area contributed by atoms with Crippen LogP contribution >= 0.6 is 0 Å². The van der Waals surface area contributed by atoms with E-state index in [2.05, 4.69) is 10.3 Å². The molecule has 0 radical (unpaired) electrons. The number of benzene rings is 1. The fraction of sp³-hybridized carbons (Fsp3) is 0.267. The molecule has 0 saturated heterocycles. The number of phenolic OH excluding ortho intramolecular Hbond substituents is 1. The zero-order chi connectivity index (χ0) is 13.8. The summed E-state index contributed by atoms with van der Waals surface area (Å²) in [6.07, 6.45) is 1.74. The molecule has 0 aliphatic rings. The van der Waals surface area contributed by atoms with Crippen molar-refractivity contribution in [2.45, 2.75) is 25.9 Å². The number of aromatic nitrogens is 1. The number of hydrogen-bond acceptors (Lipinski definition) is 3. The molecule has 2 rings (SSSR count). The van der Waals surface area contributed by atoms with Gasteiger partial charge in [0.1, 0.15) is 11.6 Å². The molecular formula is C15H17FN2O. The van der Waals surface area contributed by atoms with E-state index in [-0.39, 0.29) is 17.8 Å². The number of rotatable bonds is 4. The van der Waals surface area contributed by atoms with Crippen molar-refractivity contribution in [2.75, 3.05) is 0 Å². The van der Waals surface area contributed by atoms with Crippen molar-refractivity contribution in [1.82, 2.24) is 10.3 Å². The van der Waals surface area contributed by atoms with Gasteiger partial charge in [0.2, 0.25) is 0 Å². The maximum atomic E-state index is 12.9. The Morgan fingerprint density at radius 3 is 2.58 bits per heavy atom. The lowest BCUT2D eigenvalue weighted by Gasteiger charge is -2.20. The third-order valence-electron chi connectivity index (χ3n) is 3.09. The van der Waals surface area contributed by atoms with E-state index in [9.17, 15) is 9.50 Å². The molecule has 0 aliphatic heterocycles. The maximum Gasteiger partial charge on any atom is 0.126 e. The van der Waals surface area contributed by atoms with Crippen molar-refractivity contribution in [3.05, 3.63) is 59.7 Å². The molecule has 1 aromatic heterocycles. The Morgan fingerprint density at radius 2 is 1.95 bits per heavy atom. The molecule has 2 N–H and O–H groups in total. The Balaban J connectivity index is 2.10. The van der Waals surface area contributed by atoms with Crippen molar-refractivity contribution in [1.29, 1.82) is 0 Å². The van der Waals surface area contributed by atoms with Gasteiger partial charge in [-0.1, -0.05) is 12.1 Å². The topological polar surface area (TPSA) is 45.1 Å². The van der Waals surface area contributed by atoms with E-state index in [1.807, 2.05) is 32.0 Å². The van der Waals surface area contributed by atoms with Gasteiger partial charge in [0.05, 0.1) is 5.69 Å². The number of aromatic hydroxyl groups is 1. The van der Waals surface area contributed by atoms with Gasteiger partial charge in [-0.3, -0.25) is 4.98 Å². The summed E-state index contributed by atoms with van der Waals surface area (Å²) in [4.78, 5) is 4.28. The lowest BCUT2D eigenvalue weighted by molar-refractivity contribution is 0.432. The van der Waals surface area contributed by atoms with Crippen LogP contribution in [0.25, 0.3) is 0 Å². The van der Waals surface area contributed by atoms with Gasteiger partial charge in [-0.25, -0.2) is 4.39 Å². The first-order valence-electron chi connectivity index (χ1n) is 6.23. The quantitative estimate of drug-likeness (QED) is 0.886. The summed E-state index contributed by atoms with van der Waals surface area (Å²) in [5, 5.41) is 13.1. The lowest BCUT2D eigenvalue weighted by Crippen LogP contribution is -2.23. The van der Waals surface area contributed by atoms with Gasteiger partial charge in [-0.15, -0.1) is 0 Å². The SMILES string of the molecule is CC(NC(C)c1ccc(F)cc1O)c1ccccn1.